The molecule has 0 amide bonds. The topological polar surface area (TPSA) is 58.2 Å². The Kier molecular flexibility index (Phi) is 5.75. The van der Waals surface area contributed by atoms with E-state index in [0.29, 0.717) is 0 Å². The van der Waals surface area contributed by atoms with Crippen LogP contribution in [0.2, 0.25) is 0 Å². The summed E-state index contributed by atoms with van der Waals surface area (Å²) in [4.78, 5) is -0.320. The smallest absolute Gasteiger partial charge is 0.243 e. The minimum atomic E-state index is -3.86. The zero-order valence-electron chi connectivity index (χ0n) is 12.3. The van der Waals surface area contributed by atoms with Crippen LogP contribution in [0.1, 0.15) is 17.2 Å². The number of rotatable bonds is 4. The molecule has 7 heteroatoms. The molecule has 0 saturated carbocycles. The Morgan fingerprint density at radius 1 is 1.13 bits per heavy atom. The molecule has 0 spiro atoms. The molecule has 2 aromatic rings. The summed E-state index contributed by atoms with van der Waals surface area (Å²) in [7, 11) is -3.86. The van der Waals surface area contributed by atoms with Gasteiger partial charge in [0.15, 0.2) is 0 Å². The lowest BCUT2D eigenvalue weighted by atomic mass is 9.95. The number of benzene rings is 2. The Bertz CT molecular complexity index is 783. The van der Waals surface area contributed by atoms with Crippen LogP contribution in [-0.4, -0.2) is 21.5 Å². The normalized spacial score (nSPS) is 17.2. The summed E-state index contributed by atoms with van der Waals surface area (Å²) < 4.78 is 40.6. The fourth-order valence-electron chi connectivity index (χ4n) is 2.71. The Labute approximate surface area is 141 Å². The van der Waals surface area contributed by atoms with Crippen molar-refractivity contribution in [3.05, 3.63) is 65.5 Å². The molecule has 0 fully saturated rings. The summed E-state index contributed by atoms with van der Waals surface area (Å²) in [5.74, 6) is -0.744. The molecule has 1 unspecified atom stereocenters. The Hall–Kier alpha value is -1.47. The average Bonchev–Trinajstić information content (AvgIpc) is 2.53. The zero-order valence-corrected chi connectivity index (χ0v) is 14.0. The molecule has 1 aliphatic heterocycles. The first-order valence-corrected chi connectivity index (χ1v) is 8.61. The number of sulfonamides is 1. The third-order valence-corrected chi connectivity index (χ3v) is 5.28. The van der Waals surface area contributed by atoms with Gasteiger partial charge in [0.1, 0.15) is 10.7 Å². The first-order valence-electron chi connectivity index (χ1n) is 7.13. The molecule has 1 atom stereocenters. The SMILES string of the molecule is Cl.O=S(=O)(NCC1NCCc2ccccc21)c1ccccc1F. The monoisotopic (exact) mass is 356 g/mol. The summed E-state index contributed by atoms with van der Waals surface area (Å²) in [6, 6.07) is 13.2. The van der Waals surface area contributed by atoms with Crippen LogP contribution >= 0.6 is 12.4 Å². The molecule has 23 heavy (non-hydrogen) atoms. The average molecular weight is 357 g/mol. The van der Waals surface area contributed by atoms with Crippen molar-refractivity contribution in [2.24, 2.45) is 0 Å². The minimum Gasteiger partial charge on any atom is -0.308 e. The van der Waals surface area contributed by atoms with Gasteiger partial charge in [-0.25, -0.2) is 17.5 Å². The van der Waals surface area contributed by atoms with Crippen LogP contribution in [0.25, 0.3) is 0 Å². The van der Waals surface area contributed by atoms with Crippen LogP contribution in [0.15, 0.2) is 53.4 Å². The molecule has 0 aliphatic carbocycles. The van der Waals surface area contributed by atoms with Gasteiger partial charge in [0.2, 0.25) is 10.0 Å². The Morgan fingerprint density at radius 3 is 2.61 bits per heavy atom. The molecule has 124 valence electrons. The molecule has 2 aromatic carbocycles. The highest BCUT2D eigenvalue weighted by atomic mass is 35.5. The van der Waals surface area contributed by atoms with Crippen molar-refractivity contribution in [2.75, 3.05) is 13.1 Å². The van der Waals surface area contributed by atoms with E-state index in [2.05, 4.69) is 16.1 Å². The van der Waals surface area contributed by atoms with Crippen molar-refractivity contribution in [3.8, 4) is 0 Å². The number of nitrogens with one attached hydrogen (secondary N) is 2. The van der Waals surface area contributed by atoms with Crippen molar-refractivity contribution in [1.82, 2.24) is 10.0 Å². The predicted octanol–water partition coefficient (Wildman–Crippen LogP) is 2.41. The van der Waals surface area contributed by atoms with Crippen molar-refractivity contribution in [3.63, 3.8) is 0 Å². The number of fused-ring (bicyclic) bond motifs is 1. The van der Waals surface area contributed by atoms with Gasteiger partial charge in [0, 0.05) is 12.6 Å². The molecular formula is C16H18ClFN2O2S. The van der Waals surface area contributed by atoms with Crippen molar-refractivity contribution >= 4 is 22.4 Å². The molecule has 1 heterocycles. The lowest BCUT2D eigenvalue weighted by Crippen LogP contribution is -2.39. The van der Waals surface area contributed by atoms with Crippen molar-refractivity contribution < 1.29 is 12.8 Å². The molecule has 0 saturated heterocycles. The van der Waals surface area contributed by atoms with Gasteiger partial charge in [-0.1, -0.05) is 36.4 Å². The first-order chi connectivity index (χ1) is 10.6. The van der Waals surface area contributed by atoms with Crippen LogP contribution in [0.3, 0.4) is 0 Å². The van der Waals surface area contributed by atoms with E-state index in [9.17, 15) is 12.8 Å². The molecule has 0 aromatic heterocycles. The summed E-state index contributed by atoms with van der Waals surface area (Å²) in [5.41, 5.74) is 2.31. The van der Waals surface area contributed by atoms with E-state index in [1.165, 1.54) is 23.8 Å². The van der Waals surface area contributed by atoms with Crippen LogP contribution in [0.5, 0.6) is 0 Å². The number of halogens is 2. The molecule has 2 N–H and O–H groups in total. The van der Waals surface area contributed by atoms with Gasteiger partial charge in [0.05, 0.1) is 0 Å². The van der Waals surface area contributed by atoms with Crippen LogP contribution < -0.4 is 10.0 Å². The second-order valence-electron chi connectivity index (χ2n) is 5.24. The van der Waals surface area contributed by atoms with Crippen molar-refractivity contribution in [2.45, 2.75) is 17.4 Å². The van der Waals surface area contributed by atoms with E-state index in [-0.39, 0.29) is 29.9 Å². The summed E-state index contributed by atoms with van der Waals surface area (Å²) >= 11 is 0. The van der Waals surface area contributed by atoms with Crippen LogP contribution in [0, 0.1) is 5.82 Å². The maximum Gasteiger partial charge on any atom is 0.243 e. The van der Waals surface area contributed by atoms with Gasteiger partial charge in [0.25, 0.3) is 0 Å². The molecule has 0 radical (unpaired) electrons. The maximum absolute atomic E-state index is 13.7. The molecule has 0 bridgehead atoms. The molecule has 1 aliphatic rings. The molecule has 3 rings (SSSR count). The maximum atomic E-state index is 13.7. The van der Waals surface area contributed by atoms with Gasteiger partial charge in [-0.3, -0.25) is 0 Å². The molecular weight excluding hydrogens is 339 g/mol. The summed E-state index contributed by atoms with van der Waals surface area (Å²) in [5, 5.41) is 3.29. The van der Waals surface area contributed by atoms with E-state index >= 15 is 0 Å². The van der Waals surface area contributed by atoms with Gasteiger partial charge in [-0.2, -0.15) is 0 Å². The van der Waals surface area contributed by atoms with E-state index in [0.717, 1.165) is 24.6 Å². The van der Waals surface area contributed by atoms with E-state index in [1.807, 2.05) is 18.2 Å². The molecule has 4 nitrogen and oxygen atoms in total. The summed E-state index contributed by atoms with van der Waals surface area (Å²) in [6.07, 6.45) is 0.923. The largest absolute Gasteiger partial charge is 0.308 e. The van der Waals surface area contributed by atoms with Gasteiger partial charge < -0.3 is 5.32 Å². The number of hydrogen-bond acceptors (Lipinski definition) is 3. The van der Waals surface area contributed by atoms with Gasteiger partial charge >= 0.3 is 0 Å². The van der Waals surface area contributed by atoms with Crippen LogP contribution in [-0.2, 0) is 16.4 Å². The highest BCUT2D eigenvalue weighted by molar-refractivity contribution is 7.89. The fraction of sp³-hybridized carbons (Fsp3) is 0.250. The third kappa shape index (κ3) is 3.90. The Balaban J connectivity index is 0.00000192. The third-order valence-electron chi connectivity index (χ3n) is 3.82. The minimum absolute atomic E-state index is 0. The second-order valence-corrected chi connectivity index (χ2v) is 6.97. The standard InChI is InChI=1S/C16H17FN2O2S.ClH/c17-14-7-3-4-8-16(14)22(20,21)19-11-15-13-6-2-1-5-12(13)9-10-18-15;/h1-8,15,18-19H,9-11H2;1H. The zero-order chi connectivity index (χ0) is 15.6. The van der Waals surface area contributed by atoms with Gasteiger partial charge in [-0.05, 0) is 36.2 Å². The number of hydrogen-bond donors (Lipinski definition) is 2. The highest BCUT2D eigenvalue weighted by Gasteiger charge is 2.23. The lowest BCUT2D eigenvalue weighted by Gasteiger charge is -2.27. The lowest BCUT2D eigenvalue weighted by molar-refractivity contribution is 0.489. The quantitative estimate of drug-likeness (QED) is 0.884. The second kappa shape index (κ2) is 7.40. The van der Waals surface area contributed by atoms with E-state index in [1.54, 1.807) is 0 Å². The van der Waals surface area contributed by atoms with Crippen LogP contribution in [0.4, 0.5) is 4.39 Å². The van der Waals surface area contributed by atoms with E-state index < -0.39 is 15.8 Å². The van der Waals surface area contributed by atoms with Crippen molar-refractivity contribution in [1.29, 1.82) is 0 Å². The fourth-order valence-corrected chi connectivity index (χ4v) is 3.83. The summed E-state index contributed by atoms with van der Waals surface area (Å²) in [6.45, 7) is 0.983. The predicted molar refractivity (Wildman–Crippen MR) is 89.7 cm³/mol. The Morgan fingerprint density at radius 2 is 1.83 bits per heavy atom. The van der Waals surface area contributed by atoms with E-state index in [4.69, 9.17) is 0 Å². The highest BCUT2D eigenvalue weighted by Crippen LogP contribution is 2.22. The first kappa shape index (κ1) is 17.9. The van der Waals surface area contributed by atoms with Gasteiger partial charge in [-0.15, -0.1) is 12.4 Å².